The first-order chi connectivity index (χ1) is 13.2. The van der Waals surface area contributed by atoms with Gasteiger partial charge in [0.25, 0.3) is 0 Å². The van der Waals surface area contributed by atoms with Gasteiger partial charge < -0.3 is 14.7 Å². The summed E-state index contributed by atoms with van der Waals surface area (Å²) in [6.45, 7) is -0.0960. The third-order valence-electron chi connectivity index (χ3n) is 3.63. The van der Waals surface area contributed by atoms with Crippen LogP contribution in [-0.4, -0.2) is 59.8 Å². The molecule has 28 heavy (non-hydrogen) atoms. The highest BCUT2D eigenvalue weighted by Gasteiger charge is 2.38. The van der Waals surface area contributed by atoms with Crippen molar-refractivity contribution in [3.05, 3.63) is 35.7 Å². The fourth-order valence-corrected chi connectivity index (χ4v) is 2.14. The van der Waals surface area contributed by atoms with Gasteiger partial charge in [-0.25, -0.2) is 4.79 Å². The Morgan fingerprint density at radius 3 is 2.39 bits per heavy atom. The van der Waals surface area contributed by atoms with Gasteiger partial charge >= 0.3 is 18.1 Å². The number of halogens is 3. The van der Waals surface area contributed by atoms with Gasteiger partial charge in [0.2, 0.25) is 11.7 Å². The van der Waals surface area contributed by atoms with Crippen LogP contribution >= 0.6 is 0 Å². The maximum Gasteiger partial charge on any atom is 0.471 e. The standard InChI is InChI=1S/C16H18F3N5O4/c1-20-12(25)9-23(2)15(26)24(27-3)8-10-4-6-11(7-5-10)13-21-14(28-22-13)16(17,18)19/h4-7H,8-9H2,1-3H3,(H,20,25). The molecule has 0 aliphatic rings. The predicted octanol–water partition coefficient (Wildman–Crippen LogP) is 1.92. The summed E-state index contributed by atoms with van der Waals surface area (Å²) in [5.41, 5.74) is 0.946. The molecule has 0 aliphatic carbocycles. The number of rotatable bonds is 6. The number of carbonyl (C=O) groups is 2. The van der Waals surface area contributed by atoms with Gasteiger partial charge in [-0.05, 0) is 5.56 Å². The summed E-state index contributed by atoms with van der Waals surface area (Å²) in [4.78, 5) is 33.2. The van der Waals surface area contributed by atoms with E-state index in [2.05, 4.69) is 20.0 Å². The molecule has 0 radical (unpaired) electrons. The van der Waals surface area contributed by atoms with E-state index in [0.29, 0.717) is 11.1 Å². The molecule has 3 amide bonds. The minimum Gasteiger partial charge on any atom is -0.358 e. The van der Waals surface area contributed by atoms with E-state index in [-0.39, 0.29) is 24.8 Å². The average Bonchev–Trinajstić information content (AvgIpc) is 3.16. The summed E-state index contributed by atoms with van der Waals surface area (Å²) < 4.78 is 41.8. The van der Waals surface area contributed by atoms with Crippen LogP contribution in [0.15, 0.2) is 28.8 Å². The summed E-state index contributed by atoms with van der Waals surface area (Å²) in [6, 6.07) is 5.61. The van der Waals surface area contributed by atoms with E-state index in [4.69, 9.17) is 4.84 Å². The zero-order valence-corrected chi connectivity index (χ0v) is 15.3. The molecule has 0 spiro atoms. The highest BCUT2D eigenvalue weighted by molar-refractivity contribution is 5.83. The third-order valence-corrected chi connectivity index (χ3v) is 3.63. The van der Waals surface area contributed by atoms with Crippen LogP contribution in [0.5, 0.6) is 0 Å². The van der Waals surface area contributed by atoms with Crippen LogP contribution in [0.1, 0.15) is 11.5 Å². The molecule has 9 nitrogen and oxygen atoms in total. The summed E-state index contributed by atoms with van der Waals surface area (Å²) in [5, 5.41) is 6.75. The van der Waals surface area contributed by atoms with Crippen molar-refractivity contribution in [3.8, 4) is 11.4 Å². The van der Waals surface area contributed by atoms with Gasteiger partial charge in [-0.1, -0.05) is 29.4 Å². The third kappa shape index (κ3) is 5.19. The lowest BCUT2D eigenvalue weighted by Gasteiger charge is -2.25. The molecule has 0 saturated heterocycles. The first-order valence-corrected chi connectivity index (χ1v) is 7.93. The molecular weight excluding hydrogens is 383 g/mol. The number of nitrogens with one attached hydrogen (secondary N) is 1. The van der Waals surface area contributed by atoms with Gasteiger partial charge in [0, 0.05) is 19.7 Å². The number of nitrogens with zero attached hydrogens (tertiary/aromatic N) is 4. The number of urea groups is 1. The number of alkyl halides is 3. The minimum absolute atomic E-state index is 0.0493. The van der Waals surface area contributed by atoms with E-state index in [1.54, 1.807) is 12.1 Å². The predicted molar refractivity (Wildman–Crippen MR) is 89.4 cm³/mol. The molecule has 1 aromatic carbocycles. The van der Waals surface area contributed by atoms with Gasteiger partial charge in [-0.3, -0.25) is 9.63 Å². The summed E-state index contributed by atoms with van der Waals surface area (Å²) in [6.07, 6.45) is -4.72. The molecule has 152 valence electrons. The highest BCUT2D eigenvalue weighted by atomic mass is 19.4. The molecule has 2 aromatic rings. The van der Waals surface area contributed by atoms with Crippen LogP contribution in [0.2, 0.25) is 0 Å². The van der Waals surface area contributed by atoms with Crippen LogP contribution in [0.3, 0.4) is 0 Å². The number of amides is 3. The Balaban J connectivity index is 2.07. The fourth-order valence-electron chi connectivity index (χ4n) is 2.14. The second-order valence-corrected chi connectivity index (χ2v) is 5.65. The Hall–Kier alpha value is -3.15. The molecule has 1 heterocycles. The van der Waals surface area contributed by atoms with Gasteiger partial charge in [-0.15, -0.1) is 0 Å². The second-order valence-electron chi connectivity index (χ2n) is 5.65. The number of benzene rings is 1. The Morgan fingerprint density at radius 1 is 1.25 bits per heavy atom. The van der Waals surface area contributed by atoms with E-state index in [1.807, 2.05) is 0 Å². The molecule has 1 aromatic heterocycles. The van der Waals surface area contributed by atoms with Crippen LogP contribution in [0, 0.1) is 0 Å². The van der Waals surface area contributed by atoms with Gasteiger partial charge in [0.1, 0.15) is 6.54 Å². The lowest BCUT2D eigenvalue weighted by atomic mass is 10.1. The van der Waals surface area contributed by atoms with Crippen LogP contribution in [-0.2, 0) is 22.4 Å². The van der Waals surface area contributed by atoms with E-state index in [1.165, 1.54) is 38.2 Å². The van der Waals surface area contributed by atoms with Gasteiger partial charge in [-0.2, -0.15) is 23.2 Å². The number of carbonyl (C=O) groups excluding carboxylic acids is 2. The Morgan fingerprint density at radius 2 is 1.89 bits per heavy atom. The van der Waals surface area contributed by atoms with Crippen molar-refractivity contribution >= 4 is 11.9 Å². The summed E-state index contributed by atoms with van der Waals surface area (Å²) >= 11 is 0. The number of hydrogen-bond acceptors (Lipinski definition) is 6. The molecular formula is C16H18F3N5O4. The molecule has 0 bridgehead atoms. The SMILES string of the molecule is CNC(=O)CN(C)C(=O)N(Cc1ccc(-c2noc(C(F)(F)F)n2)cc1)OC. The van der Waals surface area contributed by atoms with Crippen molar-refractivity contribution in [2.24, 2.45) is 0 Å². The monoisotopic (exact) mass is 401 g/mol. The molecule has 1 N–H and O–H groups in total. The molecule has 0 atom stereocenters. The molecule has 0 aliphatic heterocycles. The van der Waals surface area contributed by atoms with E-state index < -0.39 is 18.1 Å². The highest BCUT2D eigenvalue weighted by Crippen LogP contribution is 2.29. The maximum absolute atomic E-state index is 12.5. The first kappa shape index (κ1) is 21.2. The molecule has 0 saturated carbocycles. The van der Waals surface area contributed by atoms with Crippen molar-refractivity contribution < 1.29 is 32.1 Å². The fraction of sp³-hybridized carbons (Fsp3) is 0.375. The molecule has 2 rings (SSSR count). The molecule has 12 heteroatoms. The van der Waals surface area contributed by atoms with Crippen molar-refractivity contribution in [1.82, 2.24) is 25.4 Å². The largest absolute Gasteiger partial charge is 0.471 e. The minimum atomic E-state index is -4.72. The first-order valence-electron chi connectivity index (χ1n) is 7.93. The van der Waals surface area contributed by atoms with Gasteiger partial charge in [0.15, 0.2) is 0 Å². The van der Waals surface area contributed by atoms with E-state index >= 15 is 0 Å². The molecule has 0 fully saturated rings. The smallest absolute Gasteiger partial charge is 0.358 e. The zero-order chi connectivity index (χ0) is 20.9. The summed E-state index contributed by atoms with van der Waals surface area (Å²) in [7, 11) is 4.21. The quantitative estimate of drug-likeness (QED) is 0.743. The Bertz CT molecular complexity index is 822. The van der Waals surface area contributed by atoms with Crippen molar-refractivity contribution in [1.29, 1.82) is 0 Å². The Kier molecular flexibility index (Phi) is 6.57. The van der Waals surface area contributed by atoms with Crippen molar-refractivity contribution in [3.63, 3.8) is 0 Å². The van der Waals surface area contributed by atoms with Gasteiger partial charge in [0.05, 0.1) is 13.7 Å². The zero-order valence-electron chi connectivity index (χ0n) is 15.3. The van der Waals surface area contributed by atoms with Crippen molar-refractivity contribution in [2.45, 2.75) is 12.7 Å². The summed E-state index contributed by atoms with van der Waals surface area (Å²) in [5.74, 6) is -1.97. The number of aromatic nitrogens is 2. The lowest BCUT2D eigenvalue weighted by Crippen LogP contribution is -2.44. The second kappa shape index (κ2) is 8.69. The van der Waals surface area contributed by atoms with Crippen LogP contribution in [0.4, 0.5) is 18.0 Å². The topological polar surface area (TPSA) is 101 Å². The van der Waals surface area contributed by atoms with Crippen LogP contribution in [0.25, 0.3) is 11.4 Å². The molecule has 0 unspecified atom stereocenters. The van der Waals surface area contributed by atoms with E-state index in [0.717, 1.165) is 5.06 Å². The maximum atomic E-state index is 12.5. The lowest BCUT2D eigenvalue weighted by molar-refractivity contribution is -0.159. The van der Waals surface area contributed by atoms with Crippen LogP contribution < -0.4 is 5.32 Å². The Labute approximate surface area is 158 Å². The average molecular weight is 401 g/mol. The number of hydroxylamine groups is 2. The number of hydrogen-bond donors (Lipinski definition) is 1. The normalized spacial score (nSPS) is 11.2. The van der Waals surface area contributed by atoms with Crippen molar-refractivity contribution in [2.75, 3.05) is 27.7 Å². The van der Waals surface area contributed by atoms with E-state index in [9.17, 15) is 22.8 Å². The number of likely N-dealkylation sites (N-methyl/N-ethyl adjacent to an activating group) is 2.